The molecule has 0 N–H and O–H groups in total. The van der Waals surface area contributed by atoms with Gasteiger partial charge in [0.05, 0.1) is 27.8 Å². The third kappa shape index (κ3) is 4.10. The molecule has 0 aliphatic heterocycles. The van der Waals surface area contributed by atoms with Gasteiger partial charge in [-0.3, -0.25) is 0 Å². The molecule has 246 valence electrons. The molecule has 3 aromatic heterocycles. The Kier molecular flexibility index (Phi) is 5.77. The number of rotatable bonds is 3. The van der Waals surface area contributed by atoms with E-state index in [0.29, 0.717) is 0 Å². The van der Waals surface area contributed by atoms with Gasteiger partial charge < -0.3 is 13.6 Å². The van der Waals surface area contributed by atoms with Crippen molar-refractivity contribution in [1.29, 1.82) is 0 Å². The molecule has 12 rings (SSSR count). The van der Waals surface area contributed by atoms with Crippen LogP contribution in [0.2, 0.25) is 0 Å². The van der Waals surface area contributed by atoms with Crippen LogP contribution in [0.1, 0.15) is 0 Å². The number of para-hydroxylation sites is 2. The summed E-state index contributed by atoms with van der Waals surface area (Å²) in [6, 6.07) is 66.2. The topological polar surface area (TPSA) is 23.0 Å². The number of nitrogens with zero attached hydrogens (tertiary/aromatic N) is 2. The Balaban J connectivity index is 1.07. The smallest absolute Gasteiger partial charge is 0.137 e. The summed E-state index contributed by atoms with van der Waals surface area (Å²) in [7, 11) is 0. The van der Waals surface area contributed by atoms with Crippen LogP contribution in [0.5, 0.6) is 0 Å². The molecule has 0 bridgehead atoms. The maximum Gasteiger partial charge on any atom is 0.137 e. The molecule has 0 amide bonds. The fourth-order valence-corrected chi connectivity index (χ4v) is 8.83. The van der Waals surface area contributed by atoms with Gasteiger partial charge in [-0.1, -0.05) is 109 Å². The molecular formula is C50H30N2O. The van der Waals surface area contributed by atoms with Crippen molar-refractivity contribution in [2.45, 2.75) is 0 Å². The predicted octanol–water partition coefficient (Wildman–Crippen LogP) is 13.8. The van der Waals surface area contributed by atoms with Gasteiger partial charge in [0.25, 0.3) is 0 Å². The predicted molar refractivity (Wildman–Crippen MR) is 223 cm³/mol. The van der Waals surface area contributed by atoms with Crippen LogP contribution in [-0.2, 0) is 0 Å². The van der Waals surface area contributed by atoms with Gasteiger partial charge in [0.15, 0.2) is 0 Å². The van der Waals surface area contributed by atoms with Gasteiger partial charge in [0.2, 0.25) is 0 Å². The Morgan fingerprint density at radius 1 is 0.302 bits per heavy atom. The second kappa shape index (κ2) is 10.7. The zero-order valence-electron chi connectivity index (χ0n) is 28.6. The van der Waals surface area contributed by atoms with Gasteiger partial charge in [0, 0.05) is 49.5 Å². The monoisotopic (exact) mass is 674 g/mol. The van der Waals surface area contributed by atoms with Crippen molar-refractivity contribution in [2.24, 2.45) is 0 Å². The summed E-state index contributed by atoms with van der Waals surface area (Å²) in [6.45, 7) is 0. The van der Waals surface area contributed by atoms with E-state index in [1.165, 1.54) is 82.0 Å². The number of benzene rings is 9. The normalized spacial score (nSPS) is 12.2. The molecule has 0 saturated heterocycles. The van der Waals surface area contributed by atoms with Crippen molar-refractivity contribution in [3.05, 3.63) is 182 Å². The van der Waals surface area contributed by atoms with E-state index in [0.717, 1.165) is 27.6 Å². The summed E-state index contributed by atoms with van der Waals surface area (Å²) >= 11 is 0. The summed E-state index contributed by atoms with van der Waals surface area (Å²) in [5.74, 6) is 0. The summed E-state index contributed by atoms with van der Waals surface area (Å²) in [4.78, 5) is 0. The molecule has 0 saturated carbocycles. The minimum atomic E-state index is 0.898. The van der Waals surface area contributed by atoms with Crippen LogP contribution >= 0.6 is 0 Å². The Morgan fingerprint density at radius 2 is 0.887 bits per heavy atom. The van der Waals surface area contributed by atoms with E-state index in [2.05, 4.69) is 179 Å². The molecule has 0 atom stereocenters. The van der Waals surface area contributed by atoms with E-state index < -0.39 is 0 Å². The Labute approximate surface area is 304 Å². The fraction of sp³-hybridized carbons (Fsp3) is 0. The third-order valence-corrected chi connectivity index (χ3v) is 11.3. The Bertz CT molecular complexity index is 3460. The zero-order valence-corrected chi connectivity index (χ0v) is 28.6. The van der Waals surface area contributed by atoms with Crippen LogP contribution in [-0.4, -0.2) is 9.13 Å². The Hall–Kier alpha value is -7.10. The van der Waals surface area contributed by atoms with E-state index in [4.69, 9.17) is 4.42 Å². The molecule has 53 heavy (non-hydrogen) atoms. The van der Waals surface area contributed by atoms with Gasteiger partial charge in [0.1, 0.15) is 11.2 Å². The van der Waals surface area contributed by atoms with Gasteiger partial charge in [-0.2, -0.15) is 0 Å². The van der Waals surface area contributed by atoms with Crippen LogP contribution in [0.15, 0.2) is 186 Å². The maximum absolute atomic E-state index is 6.32. The minimum absolute atomic E-state index is 0.898. The second-order valence-electron chi connectivity index (χ2n) is 14.1. The van der Waals surface area contributed by atoms with E-state index in [-0.39, 0.29) is 0 Å². The average molecular weight is 675 g/mol. The Morgan fingerprint density at radius 3 is 1.72 bits per heavy atom. The molecule has 0 radical (unpaired) electrons. The summed E-state index contributed by atoms with van der Waals surface area (Å²) in [6.07, 6.45) is 0. The highest BCUT2D eigenvalue weighted by Gasteiger charge is 2.18. The first kappa shape index (κ1) is 28.6. The van der Waals surface area contributed by atoms with Crippen LogP contribution in [0.4, 0.5) is 0 Å². The molecule has 3 heteroatoms. The molecule has 0 aliphatic carbocycles. The summed E-state index contributed by atoms with van der Waals surface area (Å²) in [5, 5.41) is 12.2. The van der Waals surface area contributed by atoms with E-state index in [1.807, 2.05) is 12.1 Å². The van der Waals surface area contributed by atoms with Crippen molar-refractivity contribution in [1.82, 2.24) is 9.13 Å². The van der Waals surface area contributed by atoms with Crippen molar-refractivity contribution >= 4 is 87.1 Å². The molecule has 0 unspecified atom stereocenters. The number of aromatic nitrogens is 2. The standard InChI is InChI=1S/C50H30N2O/c1-2-12-33-29-48-43(26-32(33)11-1)42-28-35(21-25-47(42)52(48)44-18-9-13-31-10-3-4-14-37(31)44)34-20-24-46-41(27-34)38-15-5-7-17-45(38)51(46)36-22-23-40-39-16-6-8-19-49(39)53-50(40)30-36/h1-30H. The SMILES string of the molecule is c1ccc2cc3c(cc2c1)c1cc(-c2ccc4c(c2)c2ccccc2n4-c2ccc4c(c2)oc2ccccc24)ccc1n3-c1cccc2ccccc12. The molecule has 0 spiro atoms. The summed E-state index contributed by atoms with van der Waals surface area (Å²) in [5.41, 5.74) is 11.3. The lowest BCUT2D eigenvalue weighted by Crippen LogP contribution is -1.95. The van der Waals surface area contributed by atoms with E-state index >= 15 is 0 Å². The molecule has 0 aliphatic rings. The number of furan rings is 1. The first-order chi connectivity index (χ1) is 26.3. The van der Waals surface area contributed by atoms with Crippen molar-refractivity contribution in [3.63, 3.8) is 0 Å². The maximum atomic E-state index is 6.32. The van der Waals surface area contributed by atoms with Gasteiger partial charge in [-0.25, -0.2) is 0 Å². The van der Waals surface area contributed by atoms with Gasteiger partial charge >= 0.3 is 0 Å². The molecule has 3 heterocycles. The van der Waals surface area contributed by atoms with Crippen LogP contribution in [0.3, 0.4) is 0 Å². The largest absolute Gasteiger partial charge is 0.456 e. The quantitative estimate of drug-likeness (QED) is 0.183. The lowest BCUT2D eigenvalue weighted by atomic mass is 10.00. The average Bonchev–Trinajstić information content (AvgIpc) is 3.86. The van der Waals surface area contributed by atoms with Crippen molar-refractivity contribution in [3.8, 4) is 22.5 Å². The van der Waals surface area contributed by atoms with Crippen molar-refractivity contribution < 1.29 is 4.42 Å². The highest BCUT2D eigenvalue weighted by atomic mass is 16.3. The van der Waals surface area contributed by atoms with Crippen molar-refractivity contribution in [2.75, 3.05) is 0 Å². The molecular weight excluding hydrogens is 645 g/mol. The highest BCUT2D eigenvalue weighted by Crippen LogP contribution is 2.41. The molecule has 3 nitrogen and oxygen atoms in total. The highest BCUT2D eigenvalue weighted by molar-refractivity contribution is 6.16. The molecule has 12 aromatic rings. The number of fused-ring (bicyclic) bond motifs is 11. The molecule has 0 fully saturated rings. The first-order valence-corrected chi connectivity index (χ1v) is 18.2. The third-order valence-electron chi connectivity index (χ3n) is 11.3. The van der Waals surface area contributed by atoms with Gasteiger partial charge in [-0.05, 0) is 94.0 Å². The number of hydrogen-bond donors (Lipinski definition) is 0. The number of hydrogen-bond acceptors (Lipinski definition) is 1. The van der Waals surface area contributed by atoms with Crippen LogP contribution < -0.4 is 0 Å². The van der Waals surface area contributed by atoms with Gasteiger partial charge in [-0.15, -0.1) is 0 Å². The van der Waals surface area contributed by atoms with E-state index in [9.17, 15) is 0 Å². The zero-order chi connectivity index (χ0) is 34.6. The van der Waals surface area contributed by atoms with E-state index in [1.54, 1.807) is 0 Å². The lowest BCUT2D eigenvalue weighted by molar-refractivity contribution is 0.668. The minimum Gasteiger partial charge on any atom is -0.456 e. The lowest BCUT2D eigenvalue weighted by Gasteiger charge is -2.12. The second-order valence-corrected chi connectivity index (χ2v) is 14.1. The first-order valence-electron chi connectivity index (χ1n) is 18.2. The fourth-order valence-electron chi connectivity index (χ4n) is 8.83. The summed E-state index contributed by atoms with van der Waals surface area (Å²) < 4.78 is 11.1. The molecule has 9 aromatic carbocycles. The van der Waals surface area contributed by atoms with Crippen LogP contribution in [0, 0.1) is 0 Å². The van der Waals surface area contributed by atoms with Crippen LogP contribution in [0.25, 0.3) is 110 Å².